The Kier molecular flexibility index (Phi) is 6.28. The van der Waals surface area contributed by atoms with Crippen molar-refractivity contribution < 1.29 is 9.53 Å². The second kappa shape index (κ2) is 9.27. The third kappa shape index (κ3) is 4.91. The number of ether oxygens (including phenoxy) is 1. The smallest absolute Gasteiger partial charge is 0.240 e. The fourth-order valence-electron chi connectivity index (χ4n) is 2.80. The first-order chi connectivity index (χ1) is 15.0. The lowest BCUT2D eigenvalue weighted by atomic mass is 10.1. The highest BCUT2D eigenvalue weighted by Gasteiger charge is 2.24. The molecule has 31 heavy (non-hydrogen) atoms. The molecule has 1 amide bonds. The maximum atomic E-state index is 13.2. The van der Waals surface area contributed by atoms with Crippen LogP contribution in [0.4, 0.5) is 11.9 Å². The van der Waals surface area contributed by atoms with E-state index in [0.29, 0.717) is 33.0 Å². The zero-order chi connectivity index (χ0) is 21.8. The molecule has 0 aliphatic rings. The Morgan fingerprint density at radius 3 is 2.84 bits per heavy atom. The standard InChI is InChI=1S/C19H17BrN8O2S/c1-30-16-11(20)8-22-19(27-16)26-15(29)12(7-10-5-3-2-4-6-10)31-17-13-14(24-9-23-13)25-18(21)28-17/h2-6,8-9,12H,7H2,1H3,(H,22,26,27,29)(H3,21,23,24,25,28)/t12-/m0/s1. The predicted molar refractivity (Wildman–Crippen MR) is 121 cm³/mol. The number of H-pyrrole nitrogens is 1. The van der Waals surface area contributed by atoms with Crippen LogP contribution in [0.2, 0.25) is 0 Å². The normalized spacial score (nSPS) is 11.9. The van der Waals surface area contributed by atoms with Crippen LogP contribution >= 0.6 is 27.7 Å². The van der Waals surface area contributed by atoms with Crippen molar-refractivity contribution in [1.29, 1.82) is 0 Å². The molecule has 0 bridgehead atoms. The highest BCUT2D eigenvalue weighted by atomic mass is 79.9. The summed E-state index contributed by atoms with van der Waals surface area (Å²) in [5.41, 5.74) is 7.88. The molecule has 4 aromatic rings. The van der Waals surface area contributed by atoms with E-state index in [1.807, 2.05) is 30.3 Å². The number of aromatic nitrogens is 6. The van der Waals surface area contributed by atoms with Gasteiger partial charge in [0.1, 0.15) is 10.5 Å². The number of nitrogens with two attached hydrogens (primary N) is 1. The van der Waals surface area contributed by atoms with Crippen molar-refractivity contribution in [2.24, 2.45) is 0 Å². The number of carbonyl (C=O) groups is 1. The summed E-state index contributed by atoms with van der Waals surface area (Å²) in [6.45, 7) is 0. The van der Waals surface area contributed by atoms with Gasteiger partial charge in [-0.05, 0) is 27.9 Å². The second-order valence-corrected chi connectivity index (χ2v) is 8.37. The Labute approximate surface area is 189 Å². The van der Waals surface area contributed by atoms with Crippen molar-refractivity contribution in [3.05, 3.63) is 52.9 Å². The van der Waals surface area contributed by atoms with Crippen LogP contribution in [0.5, 0.6) is 5.88 Å². The molecule has 3 heterocycles. The van der Waals surface area contributed by atoms with Crippen LogP contribution < -0.4 is 15.8 Å². The number of aromatic amines is 1. The van der Waals surface area contributed by atoms with Crippen LogP contribution in [0.15, 0.2) is 52.4 Å². The lowest BCUT2D eigenvalue weighted by Gasteiger charge is -2.16. The van der Waals surface area contributed by atoms with Crippen LogP contribution in [0.3, 0.4) is 0 Å². The van der Waals surface area contributed by atoms with Crippen molar-refractivity contribution in [1.82, 2.24) is 29.9 Å². The molecule has 10 nitrogen and oxygen atoms in total. The Morgan fingerprint density at radius 1 is 1.26 bits per heavy atom. The Morgan fingerprint density at radius 2 is 2.06 bits per heavy atom. The number of nitrogens with one attached hydrogen (secondary N) is 2. The molecule has 1 aromatic carbocycles. The molecule has 0 aliphatic carbocycles. The van der Waals surface area contributed by atoms with Gasteiger partial charge in [-0.15, -0.1) is 0 Å². The Bertz CT molecular complexity index is 1220. The quantitative estimate of drug-likeness (QED) is 0.257. The van der Waals surface area contributed by atoms with Crippen molar-refractivity contribution in [2.45, 2.75) is 16.7 Å². The molecule has 3 aromatic heterocycles. The number of benzene rings is 1. The van der Waals surface area contributed by atoms with E-state index in [1.54, 1.807) is 0 Å². The number of thioether (sulfide) groups is 1. The summed E-state index contributed by atoms with van der Waals surface area (Å²) in [6.07, 6.45) is 3.47. The van der Waals surface area contributed by atoms with E-state index in [4.69, 9.17) is 10.5 Å². The molecule has 0 spiro atoms. The first kappa shape index (κ1) is 21.0. The summed E-state index contributed by atoms with van der Waals surface area (Å²) >= 11 is 4.56. The summed E-state index contributed by atoms with van der Waals surface area (Å²) in [5, 5.41) is 2.74. The molecule has 0 saturated carbocycles. The van der Waals surface area contributed by atoms with Crippen LogP contribution in [-0.4, -0.2) is 48.2 Å². The summed E-state index contributed by atoms with van der Waals surface area (Å²) in [6, 6.07) is 9.69. The largest absolute Gasteiger partial charge is 0.480 e. The molecule has 0 unspecified atom stereocenters. The monoisotopic (exact) mass is 500 g/mol. The highest BCUT2D eigenvalue weighted by Crippen LogP contribution is 2.30. The van der Waals surface area contributed by atoms with Gasteiger partial charge in [-0.2, -0.15) is 9.97 Å². The number of methoxy groups -OCH3 is 1. The summed E-state index contributed by atoms with van der Waals surface area (Å²) in [4.78, 5) is 37.1. The number of halogens is 1. The number of hydrogen-bond donors (Lipinski definition) is 3. The van der Waals surface area contributed by atoms with E-state index in [2.05, 4.69) is 51.2 Å². The van der Waals surface area contributed by atoms with Gasteiger partial charge in [0.2, 0.25) is 23.7 Å². The number of amides is 1. The summed E-state index contributed by atoms with van der Waals surface area (Å²) in [7, 11) is 1.49. The molecule has 158 valence electrons. The van der Waals surface area contributed by atoms with Crippen molar-refractivity contribution in [2.75, 3.05) is 18.2 Å². The second-order valence-electron chi connectivity index (χ2n) is 6.32. The highest BCUT2D eigenvalue weighted by molar-refractivity contribution is 9.10. The molecular weight excluding hydrogens is 484 g/mol. The van der Waals surface area contributed by atoms with Crippen LogP contribution in [0.1, 0.15) is 5.56 Å². The van der Waals surface area contributed by atoms with E-state index < -0.39 is 5.25 Å². The Hall–Kier alpha value is -3.25. The van der Waals surface area contributed by atoms with Gasteiger partial charge in [0.15, 0.2) is 5.65 Å². The van der Waals surface area contributed by atoms with Gasteiger partial charge in [0, 0.05) is 0 Å². The van der Waals surface area contributed by atoms with Crippen molar-refractivity contribution >= 4 is 56.7 Å². The Balaban J connectivity index is 1.63. The van der Waals surface area contributed by atoms with Crippen LogP contribution in [0.25, 0.3) is 11.2 Å². The zero-order valence-corrected chi connectivity index (χ0v) is 18.6. The minimum absolute atomic E-state index is 0.0851. The summed E-state index contributed by atoms with van der Waals surface area (Å²) in [5.74, 6) is 0.253. The predicted octanol–water partition coefficient (Wildman–Crippen LogP) is 2.84. The van der Waals surface area contributed by atoms with E-state index in [9.17, 15) is 4.79 Å². The molecule has 4 N–H and O–H groups in total. The fraction of sp³-hybridized carbons (Fsp3) is 0.158. The molecule has 0 radical (unpaired) electrons. The van der Waals surface area contributed by atoms with E-state index in [1.165, 1.54) is 31.4 Å². The molecule has 0 fully saturated rings. The summed E-state index contributed by atoms with van der Waals surface area (Å²) < 4.78 is 5.76. The topological polar surface area (TPSA) is 145 Å². The molecule has 0 aliphatic heterocycles. The van der Waals surface area contributed by atoms with Crippen LogP contribution in [-0.2, 0) is 11.2 Å². The number of fused-ring (bicyclic) bond motifs is 1. The number of imidazole rings is 1. The van der Waals surface area contributed by atoms with Gasteiger partial charge >= 0.3 is 0 Å². The number of hydrogen-bond acceptors (Lipinski definition) is 9. The van der Waals surface area contributed by atoms with Crippen molar-refractivity contribution in [3.8, 4) is 5.88 Å². The molecular formula is C19H17BrN8O2S. The third-order valence-electron chi connectivity index (χ3n) is 4.22. The SMILES string of the molecule is COc1nc(NC(=O)[C@H](Cc2ccccc2)Sc2nc(N)nc3nc[nH]c23)ncc1Br. The molecule has 1 atom stereocenters. The first-order valence-corrected chi connectivity index (χ1v) is 10.8. The average molecular weight is 501 g/mol. The number of nitrogens with zero attached hydrogens (tertiary/aromatic N) is 5. The van der Waals surface area contributed by atoms with E-state index >= 15 is 0 Å². The average Bonchev–Trinajstić information content (AvgIpc) is 3.24. The minimum Gasteiger partial charge on any atom is -0.480 e. The lowest BCUT2D eigenvalue weighted by Crippen LogP contribution is -2.28. The third-order valence-corrected chi connectivity index (χ3v) is 5.95. The number of rotatable bonds is 7. The first-order valence-electron chi connectivity index (χ1n) is 9.08. The van der Waals surface area contributed by atoms with Gasteiger partial charge in [-0.25, -0.2) is 15.0 Å². The molecule has 0 saturated heterocycles. The minimum atomic E-state index is -0.554. The van der Waals surface area contributed by atoms with E-state index in [0.717, 1.165) is 5.56 Å². The van der Waals surface area contributed by atoms with Crippen molar-refractivity contribution in [3.63, 3.8) is 0 Å². The maximum absolute atomic E-state index is 13.2. The van der Waals surface area contributed by atoms with Gasteiger partial charge in [-0.3, -0.25) is 10.1 Å². The number of nitrogen functional groups attached to an aromatic ring is 1. The zero-order valence-electron chi connectivity index (χ0n) is 16.2. The lowest BCUT2D eigenvalue weighted by molar-refractivity contribution is -0.115. The van der Waals surface area contributed by atoms with Gasteiger partial charge < -0.3 is 15.5 Å². The van der Waals surface area contributed by atoms with E-state index in [-0.39, 0.29) is 17.8 Å². The number of carbonyl (C=O) groups excluding carboxylic acids is 1. The maximum Gasteiger partial charge on any atom is 0.240 e. The number of anilines is 2. The molecule has 12 heteroatoms. The van der Waals surface area contributed by atoms with Gasteiger partial charge in [0.05, 0.1) is 29.4 Å². The van der Waals surface area contributed by atoms with Gasteiger partial charge in [0.25, 0.3) is 0 Å². The fourth-order valence-corrected chi connectivity index (χ4v) is 4.28. The van der Waals surface area contributed by atoms with Crippen LogP contribution in [0, 0.1) is 0 Å². The molecule has 4 rings (SSSR count). The van der Waals surface area contributed by atoms with Gasteiger partial charge in [-0.1, -0.05) is 42.1 Å².